The van der Waals surface area contributed by atoms with E-state index in [-0.39, 0.29) is 0 Å². The lowest BCUT2D eigenvalue weighted by molar-refractivity contribution is 1.32. The van der Waals surface area contributed by atoms with E-state index in [2.05, 4.69) is 211 Å². The van der Waals surface area contributed by atoms with Gasteiger partial charge in [-0.05, 0) is 80.6 Å². The van der Waals surface area contributed by atoms with Crippen molar-refractivity contribution in [3.05, 3.63) is 206 Å². The quantitative estimate of drug-likeness (QED) is 0.161. The molecule has 4 heteroatoms. The van der Waals surface area contributed by atoms with Gasteiger partial charge in [0.05, 0.1) is 20.6 Å². The minimum atomic E-state index is 1.01. The Labute approximate surface area is 339 Å². The zero-order valence-electron chi connectivity index (χ0n) is 30.8. The molecular weight excluding hydrogens is 729 g/mol. The minimum Gasteiger partial charge on any atom is -0.308 e. The van der Waals surface area contributed by atoms with Gasteiger partial charge in [0.15, 0.2) is 0 Å². The highest BCUT2D eigenvalue weighted by Crippen LogP contribution is 2.51. The Morgan fingerprint density at radius 3 is 1.61 bits per heavy atom. The molecule has 0 amide bonds. The van der Waals surface area contributed by atoms with Crippen molar-refractivity contribution >= 4 is 80.9 Å². The van der Waals surface area contributed by atoms with Crippen molar-refractivity contribution in [2.45, 2.75) is 0 Å². The lowest BCUT2D eigenvalue weighted by atomic mass is 9.92. The second-order valence-corrected chi connectivity index (χ2v) is 16.4. The Hall–Kier alpha value is -6.85. The topological polar surface area (TPSA) is 16.1 Å². The van der Waals surface area contributed by atoms with E-state index in [4.69, 9.17) is 4.98 Å². The van der Waals surface area contributed by atoms with E-state index < -0.39 is 0 Å². The molecule has 0 aliphatic rings. The molecule has 0 saturated heterocycles. The summed E-state index contributed by atoms with van der Waals surface area (Å²) in [6.45, 7) is 0. The standard InChI is InChI=1S/C53H34N2S2/c1-4-15-35(16-5-1)36-27-29-40(30-28-36)55(41-22-14-21-39(33-41)43-32-31-42(37-17-6-2-7-18-37)44-23-10-11-24-45(43)44)50-51-47(46-25-12-13-26-49(46)56-51)34-48-52(50)57-53(54-48)38-19-8-3-9-20-38/h1-34H. The summed E-state index contributed by atoms with van der Waals surface area (Å²) in [6, 6.07) is 74.5. The van der Waals surface area contributed by atoms with Crippen LogP contribution in [0.25, 0.3) is 85.1 Å². The normalized spacial score (nSPS) is 11.5. The highest BCUT2D eigenvalue weighted by molar-refractivity contribution is 7.27. The van der Waals surface area contributed by atoms with Crippen LogP contribution < -0.4 is 4.90 Å². The molecule has 0 spiro atoms. The first-order valence-corrected chi connectivity index (χ1v) is 20.8. The molecule has 2 aromatic heterocycles. The maximum atomic E-state index is 5.33. The molecule has 57 heavy (non-hydrogen) atoms. The Balaban J connectivity index is 1.17. The first-order chi connectivity index (χ1) is 28.3. The summed E-state index contributed by atoms with van der Waals surface area (Å²) >= 11 is 3.64. The third-order valence-corrected chi connectivity index (χ3v) is 13.2. The van der Waals surface area contributed by atoms with Crippen LogP contribution in [0.1, 0.15) is 0 Å². The predicted molar refractivity (Wildman–Crippen MR) is 246 cm³/mol. The van der Waals surface area contributed by atoms with E-state index in [1.807, 2.05) is 11.3 Å². The van der Waals surface area contributed by atoms with E-state index in [0.29, 0.717) is 0 Å². The zero-order valence-corrected chi connectivity index (χ0v) is 32.5. The van der Waals surface area contributed by atoms with E-state index in [9.17, 15) is 0 Å². The van der Waals surface area contributed by atoms with Gasteiger partial charge in [0.1, 0.15) is 5.01 Å². The lowest BCUT2D eigenvalue weighted by Crippen LogP contribution is -2.10. The number of thiophene rings is 1. The number of aromatic nitrogens is 1. The SMILES string of the molecule is c1ccc(-c2ccc(N(c3cccc(-c4ccc(-c5ccccc5)c5ccccc45)c3)c3c4sc(-c5ccccc5)nc4cc4c3sc3ccccc34)cc2)cc1. The Bertz CT molecular complexity index is 3220. The van der Waals surface area contributed by atoms with Crippen molar-refractivity contribution in [1.82, 2.24) is 4.98 Å². The van der Waals surface area contributed by atoms with Crippen LogP contribution in [0.2, 0.25) is 0 Å². The Kier molecular flexibility index (Phi) is 8.24. The Morgan fingerprint density at radius 1 is 0.351 bits per heavy atom. The maximum absolute atomic E-state index is 5.33. The van der Waals surface area contributed by atoms with Crippen LogP contribution in [0.4, 0.5) is 17.1 Å². The van der Waals surface area contributed by atoms with Gasteiger partial charge in [0.25, 0.3) is 0 Å². The van der Waals surface area contributed by atoms with Crippen LogP contribution in [0, 0.1) is 0 Å². The predicted octanol–water partition coefficient (Wildman–Crippen LogP) is 16.0. The number of thiazole rings is 1. The van der Waals surface area contributed by atoms with Gasteiger partial charge in [0, 0.05) is 32.4 Å². The first-order valence-electron chi connectivity index (χ1n) is 19.2. The average molecular weight is 763 g/mol. The number of anilines is 3. The molecule has 0 bridgehead atoms. The molecule has 2 nitrogen and oxygen atoms in total. The molecule has 0 fully saturated rings. The van der Waals surface area contributed by atoms with Gasteiger partial charge in [-0.1, -0.05) is 170 Å². The summed E-state index contributed by atoms with van der Waals surface area (Å²) in [5.74, 6) is 0. The molecule has 268 valence electrons. The van der Waals surface area contributed by atoms with Gasteiger partial charge in [-0.25, -0.2) is 4.98 Å². The third kappa shape index (κ3) is 5.89. The first kappa shape index (κ1) is 33.5. The molecule has 11 rings (SSSR count). The van der Waals surface area contributed by atoms with Gasteiger partial charge < -0.3 is 4.90 Å². The monoisotopic (exact) mass is 762 g/mol. The number of benzene rings is 9. The summed E-state index contributed by atoms with van der Waals surface area (Å²) in [7, 11) is 0. The molecule has 0 saturated carbocycles. The number of nitrogens with zero attached hydrogens (tertiary/aromatic N) is 2. The van der Waals surface area contributed by atoms with Crippen molar-refractivity contribution in [3.63, 3.8) is 0 Å². The van der Waals surface area contributed by atoms with Crippen LogP contribution >= 0.6 is 22.7 Å². The molecule has 0 radical (unpaired) electrons. The van der Waals surface area contributed by atoms with E-state index in [0.717, 1.165) is 33.1 Å². The van der Waals surface area contributed by atoms with Crippen LogP contribution in [0.5, 0.6) is 0 Å². The van der Waals surface area contributed by atoms with Crippen molar-refractivity contribution in [3.8, 4) is 44.0 Å². The van der Waals surface area contributed by atoms with Crippen LogP contribution in [-0.2, 0) is 0 Å². The maximum Gasteiger partial charge on any atom is 0.124 e. The highest BCUT2D eigenvalue weighted by Gasteiger charge is 2.25. The van der Waals surface area contributed by atoms with Crippen molar-refractivity contribution in [2.24, 2.45) is 0 Å². The largest absolute Gasteiger partial charge is 0.308 e. The molecule has 0 N–H and O–H groups in total. The molecule has 11 aromatic rings. The number of hydrogen-bond acceptors (Lipinski definition) is 4. The summed E-state index contributed by atoms with van der Waals surface area (Å²) in [5, 5.41) is 5.99. The van der Waals surface area contributed by atoms with Gasteiger partial charge in [-0.2, -0.15) is 0 Å². The molecule has 0 aliphatic heterocycles. The van der Waals surface area contributed by atoms with Gasteiger partial charge >= 0.3 is 0 Å². The highest BCUT2D eigenvalue weighted by atomic mass is 32.1. The summed E-state index contributed by atoms with van der Waals surface area (Å²) in [6.07, 6.45) is 0. The average Bonchev–Trinajstić information content (AvgIpc) is 3.89. The van der Waals surface area contributed by atoms with Crippen LogP contribution in [0.3, 0.4) is 0 Å². The minimum absolute atomic E-state index is 1.01. The second kappa shape index (κ2) is 14.0. The number of hydrogen-bond donors (Lipinski definition) is 0. The molecule has 0 unspecified atom stereocenters. The van der Waals surface area contributed by atoms with Gasteiger partial charge in [0.2, 0.25) is 0 Å². The van der Waals surface area contributed by atoms with Gasteiger partial charge in [-0.3, -0.25) is 0 Å². The van der Waals surface area contributed by atoms with E-state index in [1.54, 1.807) is 11.3 Å². The van der Waals surface area contributed by atoms with Crippen LogP contribution in [-0.4, -0.2) is 4.98 Å². The van der Waals surface area contributed by atoms with Crippen molar-refractivity contribution < 1.29 is 0 Å². The van der Waals surface area contributed by atoms with E-state index in [1.165, 1.54) is 69.0 Å². The van der Waals surface area contributed by atoms with Crippen LogP contribution in [0.15, 0.2) is 206 Å². The fourth-order valence-corrected chi connectivity index (χ4v) is 10.6. The Morgan fingerprint density at radius 2 is 0.912 bits per heavy atom. The van der Waals surface area contributed by atoms with Gasteiger partial charge in [-0.15, -0.1) is 22.7 Å². The smallest absolute Gasteiger partial charge is 0.124 e. The summed E-state index contributed by atoms with van der Waals surface area (Å²) < 4.78 is 3.69. The van der Waals surface area contributed by atoms with E-state index >= 15 is 0 Å². The second-order valence-electron chi connectivity index (χ2n) is 14.3. The molecular formula is C53H34N2S2. The molecule has 9 aromatic carbocycles. The zero-order chi connectivity index (χ0) is 37.7. The molecule has 0 aliphatic carbocycles. The molecule has 2 heterocycles. The molecule has 0 atom stereocenters. The fraction of sp³-hybridized carbons (Fsp3) is 0. The third-order valence-electron chi connectivity index (χ3n) is 10.9. The summed E-state index contributed by atoms with van der Waals surface area (Å²) in [5.41, 5.74) is 12.7. The lowest BCUT2D eigenvalue weighted by Gasteiger charge is -2.27. The number of fused-ring (bicyclic) bond motifs is 5. The van der Waals surface area contributed by atoms with Crippen molar-refractivity contribution in [1.29, 1.82) is 0 Å². The summed E-state index contributed by atoms with van der Waals surface area (Å²) in [4.78, 5) is 7.81. The fourth-order valence-electron chi connectivity index (χ4n) is 8.20. The number of rotatable bonds is 7. The van der Waals surface area contributed by atoms with Crippen molar-refractivity contribution in [2.75, 3.05) is 4.90 Å².